The molecule has 0 bridgehead atoms. The van der Waals surface area contributed by atoms with Gasteiger partial charge >= 0.3 is 0 Å². The van der Waals surface area contributed by atoms with Crippen molar-refractivity contribution in [2.45, 2.75) is 26.2 Å². The van der Waals surface area contributed by atoms with E-state index in [2.05, 4.69) is 12.2 Å². The summed E-state index contributed by atoms with van der Waals surface area (Å²) in [6.07, 6.45) is 3.20. The first-order chi connectivity index (χ1) is 6.28. The highest BCUT2D eigenvalue weighted by molar-refractivity contribution is 5.84. The van der Waals surface area contributed by atoms with E-state index in [0.29, 0.717) is 5.91 Å². The molecule has 2 aliphatic rings. The van der Waals surface area contributed by atoms with Crippen LogP contribution in [0.1, 0.15) is 26.2 Å². The average molecular weight is 182 g/mol. The maximum absolute atomic E-state index is 12.1. The van der Waals surface area contributed by atoms with Crippen LogP contribution in [0.3, 0.4) is 0 Å². The number of nitrogens with one attached hydrogen (secondary N) is 1. The van der Waals surface area contributed by atoms with Gasteiger partial charge in [0.15, 0.2) is 0 Å². The minimum Gasteiger partial charge on any atom is -0.342 e. The first-order valence-electron chi connectivity index (χ1n) is 5.29. The molecule has 1 amide bonds. The summed E-state index contributed by atoms with van der Waals surface area (Å²) in [6.45, 7) is 6.00. The number of carbonyl (C=O) groups excluding carboxylic acids is 1. The minimum absolute atomic E-state index is 0.0551. The number of rotatable bonds is 2. The Morgan fingerprint density at radius 1 is 1.54 bits per heavy atom. The molecular formula is C10H18N2O. The number of likely N-dealkylation sites (tertiary alicyclic amines) is 1. The molecule has 0 aromatic heterocycles. The van der Waals surface area contributed by atoms with Gasteiger partial charge in [-0.25, -0.2) is 0 Å². The lowest BCUT2D eigenvalue weighted by Crippen LogP contribution is -2.50. The molecular weight excluding hydrogens is 164 g/mol. The van der Waals surface area contributed by atoms with E-state index in [9.17, 15) is 4.79 Å². The fraction of sp³-hybridized carbons (Fsp3) is 0.900. The average Bonchev–Trinajstić information content (AvgIpc) is 2.49. The summed E-state index contributed by atoms with van der Waals surface area (Å²) < 4.78 is 0. The van der Waals surface area contributed by atoms with E-state index in [0.717, 1.165) is 39.0 Å². The summed E-state index contributed by atoms with van der Waals surface area (Å²) in [5.74, 6) is 0.395. The van der Waals surface area contributed by atoms with Crippen molar-refractivity contribution >= 4 is 5.91 Å². The predicted molar refractivity (Wildman–Crippen MR) is 51.4 cm³/mol. The number of hydrogen-bond donors (Lipinski definition) is 1. The molecule has 1 unspecified atom stereocenters. The van der Waals surface area contributed by atoms with Crippen LogP contribution in [0.4, 0.5) is 0 Å². The van der Waals surface area contributed by atoms with Crippen molar-refractivity contribution in [2.24, 2.45) is 5.41 Å². The first kappa shape index (κ1) is 9.00. The van der Waals surface area contributed by atoms with E-state index >= 15 is 0 Å². The second-order valence-electron chi connectivity index (χ2n) is 4.21. The molecule has 74 valence electrons. The molecule has 0 spiro atoms. The number of amides is 1. The molecule has 2 fully saturated rings. The van der Waals surface area contributed by atoms with Gasteiger partial charge in [-0.3, -0.25) is 4.79 Å². The molecule has 2 heterocycles. The summed E-state index contributed by atoms with van der Waals surface area (Å²) in [5.41, 5.74) is -0.0551. The SMILES string of the molecule is CCC1(C(=O)N2CCC2)CCNC1. The third-order valence-electron chi connectivity index (χ3n) is 3.52. The Hall–Kier alpha value is -0.570. The van der Waals surface area contributed by atoms with Gasteiger partial charge in [0, 0.05) is 19.6 Å². The Morgan fingerprint density at radius 2 is 2.31 bits per heavy atom. The lowest BCUT2D eigenvalue weighted by molar-refractivity contribution is -0.145. The maximum Gasteiger partial charge on any atom is 0.230 e. The molecule has 3 nitrogen and oxygen atoms in total. The van der Waals surface area contributed by atoms with E-state index in [1.807, 2.05) is 4.90 Å². The van der Waals surface area contributed by atoms with Crippen LogP contribution >= 0.6 is 0 Å². The Kier molecular flexibility index (Phi) is 2.28. The van der Waals surface area contributed by atoms with Gasteiger partial charge in [0.2, 0.25) is 5.91 Å². The maximum atomic E-state index is 12.1. The molecule has 0 saturated carbocycles. The second-order valence-corrected chi connectivity index (χ2v) is 4.21. The van der Waals surface area contributed by atoms with Crippen LogP contribution in [0, 0.1) is 5.41 Å². The number of nitrogens with zero attached hydrogens (tertiary/aromatic N) is 1. The minimum atomic E-state index is -0.0551. The van der Waals surface area contributed by atoms with Crippen molar-refractivity contribution < 1.29 is 4.79 Å². The fourth-order valence-corrected chi connectivity index (χ4v) is 2.23. The van der Waals surface area contributed by atoms with Crippen molar-refractivity contribution in [1.82, 2.24) is 10.2 Å². The Morgan fingerprint density at radius 3 is 2.69 bits per heavy atom. The molecule has 3 heteroatoms. The quantitative estimate of drug-likeness (QED) is 0.678. The standard InChI is InChI=1S/C10H18N2O/c1-2-10(4-5-11-8-10)9(13)12-6-3-7-12/h11H,2-8H2,1H3. The molecule has 1 N–H and O–H groups in total. The lowest BCUT2D eigenvalue weighted by Gasteiger charge is -2.38. The molecule has 2 rings (SSSR count). The summed E-state index contributed by atoms with van der Waals surface area (Å²) in [5, 5.41) is 3.30. The van der Waals surface area contributed by atoms with Crippen molar-refractivity contribution in [3.8, 4) is 0 Å². The molecule has 0 aliphatic carbocycles. The number of carbonyl (C=O) groups is 1. The van der Waals surface area contributed by atoms with Gasteiger partial charge in [-0.15, -0.1) is 0 Å². The molecule has 0 aromatic carbocycles. The highest BCUT2D eigenvalue weighted by Crippen LogP contribution is 2.33. The van der Waals surface area contributed by atoms with Gasteiger partial charge in [0.25, 0.3) is 0 Å². The summed E-state index contributed by atoms with van der Waals surface area (Å²) >= 11 is 0. The topological polar surface area (TPSA) is 32.3 Å². The first-order valence-corrected chi connectivity index (χ1v) is 5.29. The zero-order valence-electron chi connectivity index (χ0n) is 8.31. The Bertz CT molecular complexity index is 205. The van der Waals surface area contributed by atoms with E-state index in [4.69, 9.17) is 0 Å². The zero-order valence-corrected chi connectivity index (χ0v) is 8.31. The lowest BCUT2D eigenvalue weighted by atomic mass is 9.82. The van der Waals surface area contributed by atoms with Crippen LogP contribution < -0.4 is 5.32 Å². The van der Waals surface area contributed by atoms with Gasteiger partial charge in [-0.05, 0) is 25.8 Å². The van der Waals surface area contributed by atoms with Gasteiger partial charge in [-0.2, -0.15) is 0 Å². The van der Waals surface area contributed by atoms with Crippen molar-refractivity contribution in [1.29, 1.82) is 0 Å². The van der Waals surface area contributed by atoms with Crippen LogP contribution in [0.15, 0.2) is 0 Å². The van der Waals surface area contributed by atoms with Crippen LogP contribution in [-0.2, 0) is 4.79 Å². The number of hydrogen-bond acceptors (Lipinski definition) is 2. The second kappa shape index (κ2) is 3.29. The molecule has 2 saturated heterocycles. The van der Waals surface area contributed by atoms with Crippen LogP contribution in [0.25, 0.3) is 0 Å². The monoisotopic (exact) mass is 182 g/mol. The fourth-order valence-electron chi connectivity index (χ4n) is 2.23. The summed E-state index contributed by atoms with van der Waals surface area (Å²) in [6, 6.07) is 0. The van der Waals surface area contributed by atoms with E-state index < -0.39 is 0 Å². The highest BCUT2D eigenvalue weighted by atomic mass is 16.2. The van der Waals surface area contributed by atoms with Crippen molar-refractivity contribution in [2.75, 3.05) is 26.2 Å². The normalized spacial score (nSPS) is 33.2. The van der Waals surface area contributed by atoms with Crippen molar-refractivity contribution in [3.05, 3.63) is 0 Å². The smallest absolute Gasteiger partial charge is 0.230 e. The zero-order chi connectivity index (χ0) is 9.31. The third-order valence-corrected chi connectivity index (χ3v) is 3.52. The highest BCUT2D eigenvalue weighted by Gasteiger charge is 2.43. The van der Waals surface area contributed by atoms with Gasteiger partial charge in [0.05, 0.1) is 5.41 Å². The largest absolute Gasteiger partial charge is 0.342 e. The Balaban J connectivity index is 2.05. The van der Waals surface area contributed by atoms with E-state index in [-0.39, 0.29) is 5.41 Å². The van der Waals surface area contributed by atoms with Gasteiger partial charge in [0.1, 0.15) is 0 Å². The molecule has 13 heavy (non-hydrogen) atoms. The van der Waals surface area contributed by atoms with Crippen molar-refractivity contribution in [3.63, 3.8) is 0 Å². The van der Waals surface area contributed by atoms with Crippen LogP contribution in [0.5, 0.6) is 0 Å². The third kappa shape index (κ3) is 1.35. The van der Waals surface area contributed by atoms with E-state index in [1.54, 1.807) is 0 Å². The molecule has 0 radical (unpaired) electrons. The van der Waals surface area contributed by atoms with Gasteiger partial charge < -0.3 is 10.2 Å². The van der Waals surface area contributed by atoms with E-state index in [1.165, 1.54) is 6.42 Å². The van der Waals surface area contributed by atoms with Crippen LogP contribution in [-0.4, -0.2) is 37.0 Å². The summed E-state index contributed by atoms with van der Waals surface area (Å²) in [4.78, 5) is 14.1. The van der Waals surface area contributed by atoms with Gasteiger partial charge in [-0.1, -0.05) is 6.92 Å². The summed E-state index contributed by atoms with van der Waals surface area (Å²) in [7, 11) is 0. The van der Waals surface area contributed by atoms with Crippen LogP contribution in [0.2, 0.25) is 0 Å². The molecule has 0 aromatic rings. The molecule has 1 atom stereocenters. The Labute approximate surface area is 79.5 Å². The predicted octanol–water partition coefficient (Wildman–Crippen LogP) is 0.608. The molecule has 2 aliphatic heterocycles.